The minimum Gasteiger partial charge on any atom is -0.358 e. The van der Waals surface area contributed by atoms with E-state index in [4.69, 9.17) is 0 Å². The number of aromatic nitrogens is 1. The largest absolute Gasteiger partial charge is 0.358 e. The number of hydrogen-bond acceptors (Lipinski definition) is 2. The average molecular weight is 313 g/mol. The summed E-state index contributed by atoms with van der Waals surface area (Å²) in [6.07, 6.45) is 1.24. The average Bonchev–Trinajstić information content (AvgIpc) is 2.83. The van der Waals surface area contributed by atoms with Crippen LogP contribution in [-0.4, -0.2) is 46.5 Å². The second kappa shape index (κ2) is 6.66. The number of aromatic amines is 1. The minimum absolute atomic E-state index is 0.652. The second-order valence-electron chi connectivity index (χ2n) is 7.34. The number of nitrogens with zero attached hydrogens (tertiary/aromatic N) is 2. The van der Waals surface area contributed by atoms with Gasteiger partial charge in [-0.05, 0) is 45.2 Å². The van der Waals surface area contributed by atoms with Crippen molar-refractivity contribution in [2.24, 2.45) is 0 Å². The topological polar surface area (TPSA) is 22.3 Å². The number of piperazine rings is 1. The number of para-hydroxylation sites is 1. The Kier molecular flexibility index (Phi) is 4.79. The van der Waals surface area contributed by atoms with E-state index in [1.165, 1.54) is 53.8 Å². The van der Waals surface area contributed by atoms with E-state index in [2.05, 4.69) is 67.6 Å². The number of aryl methyl sites for hydroxylation is 2. The van der Waals surface area contributed by atoms with Crippen LogP contribution in [0, 0.1) is 13.8 Å². The Morgan fingerprint density at radius 3 is 2.70 bits per heavy atom. The van der Waals surface area contributed by atoms with Gasteiger partial charge in [0, 0.05) is 49.3 Å². The SMILES string of the molecule is CC[C@H]1CN(Cc2cccc3c(C)c(C)[nH]c23)CCN1C(C)C. The van der Waals surface area contributed by atoms with Crippen molar-refractivity contribution >= 4 is 10.9 Å². The molecule has 0 amide bonds. The fourth-order valence-corrected chi connectivity index (χ4v) is 4.04. The van der Waals surface area contributed by atoms with Crippen molar-refractivity contribution in [3.63, 3.8) is 0 Å². The van der Waals surface area contributed by atoms with Gasteiger partial charge in [-0.25, -0.2) is 0 Å². The van der Waals surface area contributed by atoms with Gasteiger partial charge in [-0.15, -0.1) is 0 Å². The van der Waals surface area contributed by atoms with E-state index in [1.54, 1.807) is 0 Å². The van der Waals surface area contributed by atoms with E-state index in [0.717, 1.165) is 6.54 Å². The lowest BCUT2D eigenvalue weighted by molar-refractivity contribution is 0.0458. The number of benzene rings is 1. The van der Waals surface area contributed by atoms with Crippen molar-refractivity contribution in [2.75, 3.05) is 19.6 Å². The van der Waals surface area contributed by atoms with Crippen molar-refractivity contribution in [1.82, 2.24) is 14.8 Å². The molecule has 126 valence electrons. The van der Waals surface area contributed by atoms with Crippen LogP contribution in [0.1, 0.15) is 44.0 Å². The first-order chi connectivity index (χ1) is 11.0. The second-order valence-corrected chi connectivity index (χ2v) is 7.34. The summed E-state index contributed by atoms with van der Waals surface area (Å²) in [4.78, 5) is 8.90. The predicted octanol–water partition coefficient (Wildman–Crippen LogP) is 4.09. The maximum Gasteiger partial charge on any atom is 0.0504 e. The first-order valence-corrected chi connectivity index (χ1v) is 9.06. The molecular formula is C20H31N3. The summed E-state index contributed by atoms with van der Waals surface area (Å²) < 4.78 is 0. The van der Waals surface area contributed by atoms with E-state index in [-0.39, 0.29) is 0 Å². The molecule has 1 fully saturated rings. The van der Waals surface area contributed by atoms with Gasteiger partial charge in [0.2, 0.25) is 0 Å². The van der Waals surface area contributed by atoms with Gasteiger partial charge in [0.25, 0.3) is 0 Å². The van der Waals surface area contributed by atoms with E-state index in [1.807, 2.05) is 0 Å². The predicted molar refractivity (Wildman–Crippen MR) is 99.0 cm³/mol. The zero-order valence-electron chi connectivity index (χ0n) is 15.3. The van der Waals surface area contributed by atoms with Crippen LogP contribution < -0.4 is 0 Å². The summed E-state index contributed by atoms with van der Waals surface area (Å²) in [7, 11) is 0. The van der Waals surface area contributed by atoms with Crippen LogP contribution in [0.4, 0.5) is 0 Å². The zero-order chi connectivity index (χ0) is 16.6. The number of rotatable bonds is 4. The highest BCUT2D eigenvalue weighted by atomic mass is 15.3. The van der Waals surface area contributed by atoms with Gasteiger partial charge < -0.3 is 4.98 Å². The Morgan fingerprint density at radius 1 is 1.22 bits per heavy atom. The molecule has 1 saturated heterocycles. The first-order valence-electron chi connectivity index (χ1n) is 9.06. The summed E-state index contributed by atoms with van der Waals surface area (Å²) in [5, 5.41) is 1.38. The smallest absolute Gasteiger partial charge is 0.0504 e. The zero-order valence-corrected chi connectivity index (χ0v) is 15.3. The molecule has 2 heterocycles. The van der Waals surface area contributed by atoms with Gasteiger partial charge >= 0.3 is 0 Å². The van der Waals surface area contributed by atoms with Crippen LogP contribution in [-0.2, 0) is 6.54 Å². The summed E-state index contributed by atoms with van der Waals surface area (Å²) in [5.74, 6) is 0. The van der Waals surface area contributed by atoms with Gasteiger partial charge in [0.05, 0.1) is 5.52 Å². The minimum atomic E-state index is 0.652. The van der Waals surface area contributed by atoms with E-state index in [9.17, 15) is 0 Å². The van der Waals surface area contributed by atoms with Crippen molar-refractivity contribution < 1.29 is 0 Å². The third kappa shape index (κ3) is 3.17. The highest BCUT2D eigenvalue weighted by molar-refractivity contribution is 5.87. The lowest BCUT2D eigenvalue weighted by Gasteiger charge is -2.43. The van der Waals surface area contributed by atoms with Gasteiger partial charge in [0.1, 0.15) is 0 Å². The van der Waals surface area contributed by atoms with Crippen LogP contribution in [0.3, 0.4) is 0 Å². The molecule has 0 radical (unpaired) electrons. The molecule has 1 aromatic carbocycles. The third-order valence-electron chi connectivity index (χ3n) is 5.57. The highest BCUT2D eigenvalue weighted by Crippen LogP contribution is 2.26. The normalized spacial score (nSPS) is 20.7. The van der Waals surface area contributed by atoms with Crippen molar-refractivity contribution in [3.8, 4) is 0 Å². The molecule has 2 aromatic rings. The summed E-state index contributed by atoms with van der Waals surface area (Å²) in [5.41, 5.74) is 5.45. The summed E-state index contributed by atoms with van der Waals surface area (Å²) in [6.45, 7) is 16.0. The molecule has 1 aliphatic heterocycles. The van der Waals surface area contributed by atoms with E-state index < -0.39 is 0 Å². The van der Waals surface area contributed by atoms with Gasteiger partial charge in [-0.3, -0.25) is 9.80 Å². The summed E-state index contributed by atoms with van der Waals surface area (Å²) in [6, 6.07) is 8.07. The Balaban J connectivity index is 1.79. The molecule has 3 nitrogen and oxygen atoms in total. The Labute approximate surface area is 140 Å². The molecule has 3 rings (SSSR count). The first kappa shape index (κ1) is 16.5. The maximum absolute atomic E-state index is 3.60. The standard InChI is InChI=1S/C20H31N3/c1-6-18-13-22(10-11-23(18)14(2)3)12-17-8-7-9-19-15(4)16(5)21-20(17)19/h7-9,14,18,21H,6,10-13H2,1-5H3/t18-/m0/s1. The quantitative estimate of drug-likeness (QED) is 0.918. The van der Waals surface area contributed by atoms with Crippen molar-refractivity contribution in [3.05, 3.63) is 35.0 Å². The monoisotopic (exact) mass is 313 g/mol. The Bertz CT molecular complexity index is 671. The molecule has 23 heavy (non-hydrogen) atoms. The molecule has 1 N–H and O–H groups in total. The van der Waals surface area contributed by atoms with Crippen LogP contribution in [0.2, 0.25) is 0 Å². The number of fused-ring (bicyclic) bond motifs is 1. The summed E-state index contributed by atoms with van der Waals surface area (Å²) >= 11 is 0. The van der Waals surface area contributed by atoms with Gasteiger partial charge in [-0.2, -0.15) is 0 Å². The molecule has 0 aliphatic carbocycles. The molecule has 0 bridgehead atoms. The fraction of sp³-hybridized carbons (Fsp3) is 0.600. The van der Waals surface area contributed by atoms with Crippen LogP contribution in [0.15, 0.2) is 18.2 Å². The number of hydrogen-bond donors (Lipinski definition) is 1. The highest BCUT2D eigenvalue weighted by Gasteiger charge is 2.27. The molecular weight excluding hydrogens is 282 g/mol. The van der Waals surface area contributed by atoms with Gasteiger partial charge in [-0.1, -0.05) is 25.1 Å². The number of nitrogens with one attached hydrogen (secondary N) is 1. The van der Waals surface area contributed by atoms with Crippen molar-refractivity contribution in [1.29, 1.82) is 0 Å². The molecule has 0 unspecified atom stereocenters. The Hall–Kier alpha value is -1.32. The van der Waals surface area contributed by atoms with Crippen LogP contribution >= 0.6 is 0 Å². The van der Waals surface area contributed by atoms with Crippen LogP contribution in [0.25, 0.3) is 10.9 Å². The van der Waals surface area contributed by atoms with Crippen LogP contribution in [0.5, 0.6) is 0 Å². The molecule has 3 heteroatoms. The third-order valence-corrected chi connectivity index (χ3v) is 5.57. The molecule has 1 atom stereocenters. The number of H-pyrrole nitrogens is 1. The fourth-order valence-electron chi connectivity index (χ4n) is 4.04. The molecule has 0 spiro atoms. The molecule has 0 saturated carbocycles. The van der Waals surface area contributed by atoms with Gasteiger partial charge in [0.15, 0.2) is 0 Å². The Morgan fingerprint density at radius 2 is 2.00 bits per heavy atom. The maximum atomic E-state index is 3.60. The lowest BCUT2D eigenvalue weighted by atomic mass is 10.0. The van der Waals surface area contributed by atoms with E-state index in [0.29, 0.717) is 12.1 Å². The van der Waals surface area contributed by atoms with E-state index >= 15 is 0 Å². The lowest BCUT2D eigenvalue weighted by Crippen LogP contribution is -2.54. The molecule has 1 aliphatic rings. The molecule has 1 aromatic heterocycles. The van der Waals surface area contributed by atoms with Crippen molar-refractivity contribution in [2.45, 2.75) is 59.7 Å².